The summed E-state index contributed by atoms with van der Waals surface area (Å²) in [5.41, 5.74) is 7.08. The van der Waals surface area contributed by atoms with Crippen molar-refractivity contribution in [3.8, 4) is 0 Å². The van der Waals surface area contributed by atoms with Crippen LogP contribution in [0, 0.1) is 5.92 Å². The lowest BCUT2D eigenvalue weighted by atomic mass is 10.1. The van der Waals surface area contributed by atoms with Crippen molar-refractivity contribution >= 4 is 26.9 Å². The number of para-hydroxylation sites is 1. The van der Waals surface area contributed by atoms with Crippen molar-refractivity contribution in [1.82, 2.24) is 0 Å². The molecule has 1 aliphatic rings. The zero-order chi connectivity index (χ0) is 11.8. The van der Waals surface area contributed by atoms with Gasteiger partial charge in [0.05, 0.1) is 10.5 Å². The van der Waals surface area contributed by atoms with Crippen LogP contribution in [0.3, 0.4) is 0 Å². The van der Waals surface area contributed by atoms with Gasteiger partial charge in [0.1, 0.15) is 11.3 Å². The predicted molar refractivity (Wildman–Crippen MR) is 72.8 cm³/mol. The number of hydrogen-bond donors (Lipinski definition) is 1. The number of furan rings is 1. The van der Waals surface area contributed by atoms with Crippen LogP contribution >= 0.6 is 15.9 Å². The molecule has 1 aromatic heterocycles. The SMILES string of the molecule is NC(CCC1CC1)c1cc2cccc(Br)c2o1. The van der Waals surface area contributed by atoms with Crippen molar-refractivity contribution in [2.45, 2.75) is 31.7 Å². The molecule has 1 unspecified atom stereocenters. The first-order valence-electron chi connectivity index (χ1n) is 6.17. The molecular formula is C14H16BrNO. The minimum absolute atomic E-state index is 0.0369. The predicted octanol–water partition coefficient (Wildman–Crippen LogP) is 4.39. The van der Waals surface area contributed by atoms with Gasteiger partial charge in [-0.3, -0.25) is 0 Å². The van der Waals surface area contributed by atoms with Gasteiger partial charge in [-0.15, -0.1) is 0 Å². The minimum atomic E-state index is 0.0369. The van der Waals surface area contributed by atoms with Gasteiger partial charge >= 0.3 is 0 Å². The lowest BCUT2D eigenvalue weighted by Gasteiger charge is -2.07. The number of hydrogen-bond acceptors (Lipinski definition) is 2. The fourth-order valence-corrected chi connectivity index (χ4v) is 2.66. The van der Waals surface area contributed by atoms with Gasteiger partial charge in [0.25, 0.3) is 0 Å². The summed E-state index contributed by atoms with van der Waals surface area (Å²) in [5.74, 6) is 1.84. The Labute approximate surface area is 109 Å². The van der Waals surface area contributed by atoms with Crippen molar-refractivity contribution < 1.29 is 4.42 Å². The topological polar surface area (TPSA) is 39.2 Å². The first-order chi connectivity index (χ1) is 8.24. The molecule has 1 atom stereocenters. The van der Waals surface area contributed by atoms with E-state index in [4.69, 9.17) is 10.2 Å². The molecule has 1 fully saturated rings. The van der Waals surface area contributed by atoms with Crippen LogP contribution in [-0.2, 0) is 0 Å². The first kappa shape index (κ1) is 11.3. The summed E-state index contributed by atoms with van der Waals surface area (Å²) >= 11 is 3.50. The molecule has 1 aliphatic carbocycles. The second-order valence-electron chi connectivity index (χ2n) is 4.93. The molecule has 17 heavy (non-hydrogen) atoms. The number of rotatable bonds is 4. The normalized spacial score (nSPS) is 17.5. The summed E-state index contributed by atoms with van der Waals surface area (Å²) in [6, 6.07) is 8.17. The van der Waals surface area contributed by atoms with Gasteiger partial charge in [0.2, 0.25) is 0 Å². The van der Waals surface area contributed by atoms with E-state index in [9.17, 15) is 0 Å². The maximum atomic E-state index is 6.18. The molecule has 2 nitrogen and oxygen atoms in total. The van der Waals surface area contributed by atoms with Gasteiger partial charge in [-0.05, 0) is 46.8 Å². The third-order valence-corrected chi connectivity index (χ3v) is 4.09. The minimum Gasteiger partial charge on any atom is -0.458 e. The number of benzene rings is 1. The molecular weight excluding hydrogens is 278 g/mol. The van der Waals surface area contributed by atoms with Crippen molar-refractivity contribution in [2.24, 2.45) is 11.7 Å². The van der Waals surface area contributed by atoms with Gasteiger partial charge in [-0.2, -0.15) is 0 Å². The molecule has 2 N–H and O–H groups in total. The van der Waals surface area contributed by atoms with E-state index in [2.05, 4.69) is 28.1 Å². The summed E-state index contributed by atoms with van der Waals surface area (Å²) in [6.45, 7) is 0. The van der Waals surface area contributed by atoms with Crippen LogP contribution in [0.4, 0.5) is 0 Å². The average molecular weight is 294 g/mol. The molecule has 2 aromatic rings. The third-order valence-electron chi connectivity index (χ3n) is 3.46. The molecule has 3 heteroatoms. The van der Waals surface area contributed by atoms with E-state index in [0.717, 1.165) is 33.5 Å². The van der Waals surface area contributed by atoms with Gasteiger partial charge in [-0.1, -0.05) is 25.0 Å². The van der Waals surface area contributed by atoms with E-state index in [1.54, 1.807) is 0 Å². The lowest BCUT2D eigenvalue weighted by molar-refractivity contribution is 0.460. The summed E-state index contributed by atoms with van der Waals surface area (Å²) in [4.78, 5) is 0. The molecule has 90 valence electrons. The smallest absolute Gasteiger partial charge is 0.148 e. The van der Waals surface area contributed by atoms with Crippen molar-refractivity contribution in [3.63, 3.8) is 0 Å². The maximum absolute atomic E-state index is 6.18. The Morgan fingerprint density at radius 3 is 2.94 bits per heavy atom. The molecule has 1 saturated carbocycles. The van der Waals surface area contributed by atoms with E-state index in [0.29, 0.717) is 0 Å². The number of halogens is 1. The molecule has 0 saturated heterocycles. The number of fused-ring (bicyclic) bond motifs is 1. The fraction of sp³-hybridized carbons (Fsp3) is 0.429. The molecule has 1 heterocycles. The quantitative estimate of drug-likeness (QED) is 0.908. The second-order valence-corrected chi connectivity index (χ2v) is 5.79. The largest absolute Gasteiger partial charge is 0.458 e. The molecule has 0 bridgehead atoms. The highest BCUT2D eigenvalue weighted by atomic mass is 79.9. The van der Waals surface area contributed by atoms with Crippen LogP contribution in [0.5, 0.6) is 0 Å². The maximum Gasteiger partial charge on any atom is 0.148 e. The number of nitrogens with two attached hydrogens (primary N) is 1. The summed E-state index contributed by atoms with van der Waals surface area (Å²) in [7, 11) is 0. The van der Waals surface area contributed by atoms with Gasteiger partial charge in [0.15, 0.2) is 0 Å². The first-order valence-corrected chi connectivity index (χ1v) is 6.97. The zero-order valence-electron chi connectivity index (χ0n) is 9.66. The van der Waals surface area contributed by atoms with E-state index in [-0.39, 0.29) is 6.04 Å². The highest BCUT2D eigenvalue weighted by molar-refractivity contribution is 9.10. The van der Waals surface area contributed by atoms with Crippen LogP contribution in [0.15, 0.2) is 33.2 Å². The lowest BCUT2D eigenvalue weighted by Crippen LogP contribution is -2.09. The van der Waals surface area contributed by atoms with Crippen molar-refractivity contribution in [1.29, 1.82) is 0 Å². The Kier molecular flexibility index (Phi) is 2.97. The second kappa shape index (κ2) is 4.46. The average Bonchev–Trinajstić information content (AvgIpc) is 3.04. The Balaban J connectivity index is 1.81. The van der Waals surface area contributed by atoms with Crippen LogP contribution in [0.25, 0.3) is 11.0 Å². The summed E-state index contributed by atoms with van der Waals surface area (Å²) in [6.07, 6.45) is 5.04. The highest BCUT2D eigenvalue weighted by Crippen LogP contribution is 2.36. The van der Waals surface area contributed by atoms with Crippen molar-refractivity contribution in [2.75, 3.05) is 0 Å². The van der Waals surface area contributed by atoms with E-state index < -0.39 is 0 Å². The van der Waals surface area contributed by atoms with E-state index >= 15 is 0 Å². The highest BCUT2D eigenvalue weighted by Gasteiger charge is 2.23. The molecule has 0 aliphatic heterocycles. The van der Waals surface area contributed by atoms with E-state index in [1.165, 1.54) is 19.3 Å². The summed E-state index contributed by atoms with van der Waals surface area (Å²) in [5, 5.41) is 1.12. The Morgan fingerprint density at radius 2 is 2.24 bits per heavy atom. The zero-order valence-corrected chi connectivity index (χ0v) is 11.2. The third kappa shape index (κ3) is 2.40. The van der Waals surface area contributed by atoms with Gasteiger partial charge in [-0.25, -0.2) is 0 Å². The molecule has 0 amide bonds. The standard InChI is InChI=1S/C14H16BrNO/c15-11-3-1-2-10-8-13(17-14(10)11)12(16)7-6-9-4-5-9/h1-3,8-9,12H,4-7,16H2. The Hall–Kier alpha value is -0.800. The van der Waals surface area contributed by atoms with Crippen LogP contribution in [0.2, 0.25) is 0 Å². The van der Waals surface area contributed by atoms with Crippen LogP contribution in [0.1, 0.15) is 37.5 Å². The fourth-order valence-electron chi connectivity index (χ4n) is 2.19. The van der Waals surface area contributed by atoms with E-state index in [1.807, 2.05) is 12.1 Å². The molecule has 0 spiro atoms. The van der Waals surface area contributed by atoms with Crippen molar-refractivity contribution in [3.05, 3.63) is 34.5 Å². The molecule has 1 aromatic carbocycles. The van der Waals surface area contributed by atoms with Gasteiger partial charge < -0.3 is 10.2 Å². The Bertz CT molecular complexity index is 530. The molecule has 0 radical (unpaired) electrons. The molecule has 3 rings (SSSR count). The Morgan fingerprint density at radius 1 is 1.41 bits per heavy atom. The van der Waals surface area contributed by atoms with Crippen LogP contribution < -0.4 is 5.73 Å². The van der Waals surface area contributed by atoms with Gasteiger partial charge in [0, 0.05) is 5.39 Å². The van der Waals surface area contributed by atoms with Crippen LogP contribution in [-0.4, -0.2) is 0 Å². The summed E-state index contributed by atoms with van der Waals surface area (Å²) < 4.78 is 6.84. The monoisotopic (exact) mass is 293 g/mol.